The standard InChI is InChI=1S/C18H24N6O4/c1-9(2)8-12(14(19)25)22-18-23-16(13(15(20)26)17(27)24-18)21-10-4-6-11(28-3)7-5-10/h4-7,9,12H,8H2,1-3H3,(H2,19,25)(H2,20,26)(H3,21,22,23,24,27)/t12-/m1/s1. The number of amides is 2. The van der Waals surface area contributed by atoms with Crippen molar-refractivity contribution in [1.29, 1.82) is 0 Å². The average molecular weight is 388 g/mol. The van der Waals surface area contributed by atoms with E-state index in [4.69, 9.17) is 16.2 Å². The van der Waals surface area contributed by atoms with Crippen molar-refractivity contribution in [3.05, 3.63) is 40.2 Å². The molecule has 7 N–H and O–H groups in total. The SMILES string of the molecule is COc1ccc(Nc2nc(N[C@H](CC(C)C)C(N)=O)[nH]c(=O)c2C(N)=O)cc1. The third-order valence-corrected chi connectivity index (χ3v) is 3.88. The third-order valence-electron chi connectivity index (χ3n) is 3.88. The normalized spacial score (nSPS) is 11.7. The number of rotatable bonds is 9. The minimum Gasteiger partial charge on any atom is -0.497 e. The summed E-state index contributed by atoms with van der Waals surface area (Å²) in [6.45, 7) is 3.86. The summed E-state index contributed by atoms with van der Waals surface area (Å²) in [4.78, 5) is 42.4. The van der Waals surface area contributed by atoms with Gasteiger partial charge in [-0.15, -0.1) is 0 Å². The van der Waals surface area contributed by atoms with Crippen LogP contribution in [0.4, 0.5) is 17.5 Å². The number of hydrogen-bond donors (Lipinski definition) is 5. The average Bonchev–Trinajstić information content (AvgIpc) is 2.60. The summed E-state index contributed by atoms with van der Waals surface area (Å²) in [6.07, 6.45) is 0.442. The van der Waals surface area contributed by atoms with E-state index < -0.39 is 23.4 Å². The summed E-state index contributed by atoms with van der Waals surface area (Å²) >= 11 is 0. The second-order valence-electron chi connectivity index (χ2n) is 6.58. The van der Waals surface area contributed by atoms with E-state index >= 15 is 0 Å². The number of carbonyl (C=O) groups excluding carboxylic acids is 2. The number of H-pyrrole nitrogens is 1. The van der Waals surface area contributed by atoms with Crippen LogP contribution in [0.2, 0.25) is 0 Å². The van der Waals surface area contributed by atoms with E-state index in [1.54, 1.807) is 24.3 Å². The van der Waals surface area contributed by atoms with Gasteiger partial charge in [-0.05, 0) is 36.6 Å². The van der Waals surface area contributed by atoms with Gasteiger partial charge in [-0.3, -0.25) is 19.4 Å². The number of carbonyl (C=O) groups is 2. The second kappa shape index (κ2) is 8.89. The minimum absolute atomic E-state index is 0.00420. The first kappa shape index (κ1) is 20.7. The molecular formula is C18H24N6O4. The van der Waals surface area contributed by atoms with Crippen molar-refractivity contribution in [2.45, 2.75) is 26.3 Å². The lowest BCUT2D eigenvalue weighted by Gasteiger charge is -2.18. The van der Waals surface area contributed by atoms with Crippen LogP contribution in [-0.4, -0.2) is 34.9 Å². The number of ether oxygens (including phenoxy) is 1. The van der Waals surface area contributed by atoms with Gasteiger partial charge in [0, 0.05) is 5.69 Å². The molecule has 0 spiro atoms. The number of benzene rings is 1. The van der Waals surface area contributed by atoms with Crippen molar-refractivity contribution in [2.75, 3.05) is 17.7 Å². The summed E-state index contributed by atoms with van der Waals surface area (Å²) in [7, 11) is 1.54. The van der Waals surface area contributed by atoms with Crippen molar-refractivity contribution < 1.29 is 14.3 Å². The predicted octanol–water partition coefficient (Wildman–Crippen LogP) is 0.933. The Morgan fingerprint density at radius 1 is 1.21 bits per heavy atom. The first-order chi connectivity index (χ1) is 13.2. The summed E-state index contributed by atoms with van der Waals surface area (Å²) in [6, 6.07) is 6.03. The van der Waals surface area contributed by atoms with E-state index in [0.717, 1.165) is 0 Å². The molecule has 0 saturated heterocycles. The summed E-state index contributed by atoms with van der Waals surface area (Å²) < 4.78 is 5.09. The maximum Gasteiger partial charge on any atom is 0.267 e. The number of nitrogens with two attached hydrogens (primary N) is 2. The molecule has 1 aromatic heterocycles. The van der Waals surface area contributed by atoms with Gasteiger partial charge in [0.15, 0.2) is 5.82 Å². The number of nitrogens with zero attached hydrogens (tertiary/aromatic N) is 1. The molecule has 1 atom stereocenters. The smallest absolute Gasteiger partial charge is 0.267 e. The fraction of sp³-hybridized carbons (Fsp3) is 0.333. The van der Waals surface area contributed by atoms with Crippen LogP contribution in [0.25, 0.3) is 0 Å². The quantitative estimate of drug-likeness (QED) is 0.426. The molecule has 2 amide bonds. The molecule has 0 unspecified atom stereocenters. The zero-order valence-corrected chi connectivity index (χ0v) is 15.9. The third kappa shape index (κ3) is 5.22. The summed E-state index contributed by atoms with van der Waals surface area (Å²) in [5.74, 6) is -0.754. The molecule has 0 aliphatic heterocycles. The molecule has 1 aromatic carbocycles. The molecule has 2 rings (SSSR count). The molecule has 28 heavy (non-hydrogen) atoms. The van der Waals surface area contributed by atoms with E-state index in [9.17, 15) is 14.4 Å². The second-order valence-corrected chi connectivity index (χ2v) is 6.58. The van der Waals surface area contributed by atoms with Gasteiger partial charge < -0.3 is 26.8 Å². The first-order valence-corrected chi connectivity index (χ1v) is 8.62. The van der Waals surface area contributed by atoms with Gasteiger partial charge >= 0.3 is 0 Å². The van der Waals surface area contributed by atoms with E-state index in [0.29, 0.717) is 17.9 Å². The lowest BCUT2D eigenvalue weighted by Crippen LogP contribution is -2.38. The highest BCUT2D eigenvalue weighted by Gasteiger charge is 2.21. The molecule has 0 saturated carbocycles. The Labute approximate surface area is 161 Å². The highest BCUT2D eigenvalue weighted by Crippen LogP contribution is 2.21. The number of aromatic nitrogens is 2. The molecule has 10 nitrogen and oxygen atoms in total. The van der Waals surface area contributed by atoms with Gasteiger partial charge in [-0.2, -0.15) is 4.98 Å². The van der Waals surface area contributed by atoms with Crippen molar-refractivity contribution in [2.24, 2.45) is 17.4 Å². The van der Waals surface area contributed by atoms with E-state index in [1.807, 2.05) is 13.8 Å². The largest absolute Gasteiger partial charge is 0.497 e. The van der Waals surface area contributed by atoms with Crippen LogP contribution in [0.15, 0.2) is 29.1 Å². The highest BCUT2D eigenvalue weighted by atomic mass is 16.5. The molecule has 2 aromatic rings. The molecule has 10 heteroatoms. The van der Waals surface area contributed by atoms with Crippen LogP contribution in [0.3, 0.4) is 0 Å². The van der Waals surface area contributed by atoms with Gasteiger partial charge in [0.25, 0.3) is 11.5 Å². The topological polar surface area (TPSA) is 165 Å². The Morgan fingerprint density at radius 3 is 2.36 bits per heavy atom. The number of hydrogen-bond acceptors (Lipinski definition) is 7. The number of methoxy groups -OCH3 is 1. The number of aromatic amines is 1. The maximum absolute atomic E-state index is 12.4. The number of nitrogens with one attached hydrogen (secondary N) is 3. The lowest BCUT2D eigenvalue weighted by atomic mass is 10.0. The maximum atomic E-state index is 12.4. The molecule has 150 valence electrons. The molecule has 0 radical (unpaired) electrons. The van der Waals surface area contributed by atoms with Crippen molar-refractivity contribution in [3.8, 4) is 5.75 Å². The van der Waals surface area contributed by atoms with Crippen molar-refractivity contribution in [1.82, 2.24) is 9.97 Å². The Balaban J connectivity index is 2.40. The van der Waals surface area contributed by atoms with Crippen LogP contribution in [0, 0.1) is 5.92 Å². The van der Waals surface area contributed by atoms with Crippen molar-refractivity contribution in [3.63, 3.8) is 0 Å². The Hall–Kier alpha value is -3.56. The first-order valence-electron chi connectivity index (χ1n) is 8.62. The van der Waals surface area contributed by atoms with E-state index in [1.165, 1.54) is 7.11 Å². The minimum atomic E-state index is -0.940. The lowest BCUT2D eigenvalue weighted by molar-refractivity contribution is -0.119. The van der Waals surface area contributed by atoms with Crippen LogP contribution >= 0.6 is 0 Å². The Kier molecular flexibility index (Phi) is 6.59. The fourth-order valence-corrected chi connectivity index (χ4v) is 2.55. The zero-order chi connectivity index (χ0) is 20.8. The van der Waals surface area contributed by atoms with Gasteiger partial charge in [-0.1, -0.05) is 13.8 Å². The van der Waals surface area contributed by atoms with E-state index in [-0.39, 0.29) is 23.2 Å². The molecule has 0 aliphatic carbocycles. The van der Waals surface area contributed by atoms with Crippen LogP contribution in [-0.2, 0) is 4.79 Å². The molecule has 1 heterocycles. The summed E-state index contributed by atoms with van der Waals surface area (Å²) in [5, 5.41) is 5.69. The Bertz CT molecular complexity index is 907. The number of primary amides is 2. The predicted molar refractivity (Wildman–Crippen MR) is 106 cm³/mol. The van der Waals surface area contributed by atoms with Gasteiger partial charge in [0.1, 0.15) is 17.4 Å². The fourth-order valence-electron chi connectivity index (χ4n) is 2.55. The monoisotopic (exact) mass is 388 g/mol. The summed E-state index contributed by atoms with van der Waals surface area (Å²) in [5.41, 5.74) is 10.2. The molecule has 0 fully saturated rings. The van der Waals surface area contributed by atoms with Crippen molar-refractivity contribution >= 4 is 29.3 Å². The molecular weight excluding hydrogens is 364 g/mol. The van der Waals surface area contributed by atoms with Gasteiger partial charge in [-0.25, -0.2) is 0 Å². The van der Waals surface area contributed by atoms with E-state index in [2.05, 4.69) is 20.6 Å². The Morgan fingerprint density at radius 2 is 1.86 bits per heavy atom. The van der Waals surface area contributed by atoms with Gasteiger partial charge in [0.2, 0.25) is 11.9 Å². The van der Waals surface area contributed by atoms with Crippen LogP contribution < -0.4 is 32.4 Å². The van der Waals surface area contributed by atoms with Crippen LogP contribution in [0.1, 0.15) is 30.6 Å². The van der Waals surface area contributed by atoms with Gasteiger partial charge in [0.05, 0.1) is 7.11 Å². The molecule has 0 aliphatic rings. The highest BCUT2D eigenvalue weighted by molar-refractivity contribution is 5.98. The van der Waals surface area contributed by atoms with Crippen LogP contribution in [0.5, 0.6) is 5.75 Å². The zero-order valence-electron chi connectivity index (χ0n) is 15.9. The molecule has 0 bridgehead atoms. The number of anilines is 3.